The number of halogens is 1. The van der Waals surface area contributed by atoms with Gasteiger partial charge in [0.2, 0.25) is 6.79 Å². The van der Waals surface area contributed by atoms with Crippen LogP contribution >= 0.6 is 22.9 Å². The lowest BCUT2D eigenvalue weighted by molar-refractivity contribution is -0.113. The summed E-state index contributed by atoms with van der Waals surface area (Å²) in [5.41, 5.74) is 1.72. The third-order valence-corrected chi connectivity index (χ3v) is 5.19. The van der Waals surface area contributed by atoms with Gasteiger partial charge < -0.3 is 14.0 Å². The number of terminal acetylenes is 1. The third kappa shape index (κ3) is 3.61. The number of aromatic nitrogens is 1. The predicted molar refractivity (Wildman–Crippen MR) is 106 cm³/mol. The standard InChI is InChI=1S/C20H13ClN2O3S/c1-2-9-23-15-6-5-14(21)11-18(15)27-20(23)22-19(24)8-4-13-3-7-16-17(10-13)26-12-25-16/h1,3-8,10-11H,9,12H2/b8-4-,22-20?. The summed E-state index contributed by atoms with van der Waals surface area (Å²) >= 11 is 7.42. The summed E-state index contributed by atoms with van der Waals surface area (Å²) in [6, 6.07) is 11.0. The second-order valence-corrected chi connectivity index (χ2v) is 7.13. The molecule has 1 aliphatic heterocycles. The molecule has 0 radical (unpaired) electrons. The number of benzene rings is 2. The summed E-state index contributed by atoms with van der Waals surface area (Å²) in [4.78, 5) is 17.1. The van der Waals surface area contributed by atoms with Crippen LogP contribution in [0.3, 0.4) is 0 Å². The predicted octanol–water partition coefficient (Wildman–Crippen LogP) is 3.86. The zero-order valence-corrected chi connectivity index (χ0v) is 15.6. The number of thiazole rings is 1. The maximum Gasteiger partial charge on any atom is 0.272 e. The summed E-state index contributed by atoms with van der Waals surface area (Å²) < 4.78 is 13.3. The van der Waals surface area contributed by atoms with Crippen molar-refractivity contribution < 1.29 is 14.3 Å². The van der Waals surface area contributed by atoms with Crippen molar-refractivity contribution >= 4 is 45.1 Å². The highest BCUT2D eigenvalue weighted by Gasteiger charge is 2.12. The molecule has 5 nitrogen and oxygen atoms in total. The SMILES string of the molecule is C#CCn1c(=NC(=O)/C=C\c2ccc3c(c2)OCO3)sc2cc(Cl)ccc21. The Hall–Kier alpha value is -3.01. The molecule has 4 rings (SSSR count). The molecule has 0 N–H and O–H groups in total. The highest BCUT2D eigenvalue weighted by atomic mass is 35.5. The largest absolute Gasteiger partial charge is 0.454 e. The van der Waals surface area contributed by atoms with Crippen LogP contribution in [-0.2, 0) is 11.3 Å². The first-order valence-corrected chi connectivity index (χ1v) is 9.22. The van der Waals surface area contributed by atoms with E-state index in [1.165, 1.54) is 17.4 Å². The number of ether oxygens (including phenoxy) is 2. The minimum absolute atomic E-state index is 0.210. The lowest BCUT2D eigenvalue weighted by Gasteiger charge is -1.99. The molecule has 2 heterocycles. The Kier molecular flexibility index (Phi) is 4.71. The molecule has 1 aliphatic rings. The quantitative estimate of drug-likeness (QED) is 0.499. The Balaban J connectivity index is 1.65. The van der Waals surface area contributed by atoms with Gasteiger partial charge in [0.25, 0.3) is 5.91 Å². The van der Waals surface area contributed by atoms with E-state index in [1.54, 1.807) is 18.2 Å². The molecule has 0 bridgehead atoms. The van der Waals surface area contributed by atoms with Crippen molar-refractivity contribution in [3.63, 3.8) is 0 Å². The van der Waals surface area contributed by atoms with Gasteiger partial charge in [-0.15, -0.1) is 6.42 Å². The fourth-order valence-electron chi connectivity index (χ4n) is 2.69. The van der Waals surface area contributed by atoms with Gasteiger partial charge in [0, 0.05) is 11.1 Å². The Morgan fingerprint density at radius 3 is 3.00 bits per heavy atom. The van der Waals surface area contributed by atoms with Crippen molar-refractivity contribution in [3.05, 3.63) is 57.9 Å². The first-order chi connectivity index (χ1) is 13.1. The van der Waals surface area contributed by atoms with E-state index in [0.717, 1.165) is 15.8 Å². The molecule has 0 unspecified atom stereocenters. The average molecular weight is 397 g/mol. The van der Waals surface area contributed by atoms with Crippen molar-refractivity contribution in [2.45, 2.75) is 6.54 Å². The van der Waals surface area contributed by atoms with Gasteiger partial charge in [-0.2, -0.15) is 4.99 Å². The molecule has 0 saturated carbocycles. The monoisotopic (exact) mass is 396 g/mol. The zero-order chi connectivity index (χ0) is 18.8. The van der Waals surface area contributed by atoms with Crippen LogP contribution in [0.4, 0.5) is 0 Å². The number of rotatable bonds is 3. The summed E-state index contributed by atoms with van der Waals surface area (Å²) in [5.74, 6) is 3.57. The lowest BCUT2D eigenvalue weighted by Crippen LogP contribution is -2.15. The van der Waals surface area contributed by atoms with Crippen LogP contribution in [0.1, 0.15) is 5.56 Å². The topological polar surface area (TPSA) is 52.8 Å². The van der Waals surface area contributed by atoms with Gasteiger partial charge in [-0.1, -0.05) is 34.9 Å². The van der Waals surface area contributed by atoms with Crippen LogP contribution in [0, 0.1) is 12.3 Å². The van der Waals surface area contributed by atoms with Gasteiger partial charge in [0.15, 0.2) is 16.3 Å². The van der Waals surface area contributed by atoms with Crippen LogP contribution in [0.25, 0.3) is 16.3 Å². The van der Waals surface area contributed by atoms with Crippen LogP contribution in [-0.4, -0.2) is 17.3 Å². The molecule has 7 heteroatoms. The van der Waals surface area contributed by atoms with E-state index in [1.807, 2.05) is 28.8 Å². The van der Waals surface area contributed by atoms with Crippen molar-refractivity contribution in [3.8, 4) is 23.8 Å². The summed E-state index contributed by atoms with van der Waals surface area (Å²) in [6.07, 6.45) is 8.56. The van der Waals surface area contributed by atoms with Gasteiger partial charge >= 0.3 is 0 Å². The maximum atomic E-state index is 12.3. The van der Waals surface area contributed by atoms with Crippen LogP contribution in [0.15, 0.2) is 47.5 Å². The van der Waals surface area contributed by atoms with Gasteiger partial charge in [-0.25, -0.2) is 0 Å². The second kappa shape index (κ2) is 7.31. The fraction of sp³-hybridized carbons (Fsp3) is 0.100. The minimum atomic E-state index is -0.379. The molecule has 0 fully saturated rings. The van der Waals surface area contributed by atoms with E-state index in [4.69, 9.17) is 27.5 Å². The molecule has 3 aromatic rings. The third-order valence-electron chi connectivity index (χ3n) is 3.92. The Morgan fingerprint density at radius 1 is 1.30 bits per heavy atom. The van der Waals surface area contributed by atoms with Gasteiger partial charge in [-0.3, -0.25) is 4.79 Å². The molecule has 0 spiro atoms. The van der Waals surface area contributed by atoms with Crippen molar-refractivity contribution in [1.82, 2.24) is 4.57 Å². The van der Waals surface area contributed by atoms with Crippen molar-refractivity contribution in [2.75, 3.05) is 6.79 Å². The van der Waals surface area contributed by atoms with E-state index >= 15 is 0 Å². The van der Waals surface area contributed by atoms with E-state index in [9.17, 15) is 4.79 Å². The maximum absolute atomic E-state index is 12.3. The molecule has 2 aromatic carbocycles. The Labute approximate surface area is 164 Å². The van der Waals surface area contributed by atoms with E-state index < -0.39 is 0 Å². The molecule has 0 aliphatic carbocycles. The highest BCUT2D eigenvalue weighted by Crippen LogP contribution is 2.32. The van der Waals surface area contributed by atoms with Gasteiger partial charge in [-0.05, 0) is 42.0 Å². The van der Waals surface area contributed by atoms with E-state index in [2.05, 4.69) is 10.9 Å². The number of carbonyl (C=O) groups is 1. The lowest BCUT2D eigenvalue weighted by atomic mass is 10.2. The first kappa shape index (κ1) is 17.4. The second-order valence-electron chi connectivity index (χ2n) is 5.68. The molecule has 1 aromatic heterocycles. The normalized spacial score (nSPS) is 13.4. The van der Waals surface area contributed by atoms with E-state index in [-0.39, 0.29) is 12.7 Å². The molecular formula is C20H13ClN2O3S. The summed E-state index contributed by atoms with van der Waals surface area (Å²) in [6.45, 7) is 0.529. The number of nitrogens with zero attached hydrogens (tertiary/aromatic N) is 2. The zero-order valence-electron chi connectivity index (χ0n) is 14.0. The number of carbonyl (C=O) groups excluding carboxylic acids is 1. The average Bonchev–Trinajstić information content (AvgIpc) is 3.24. The molecule has 27 heavy (non-hydrogen) atoms. The number of amides is 1. The number of fused-ring (bicyclic) bond motifs is 2. The Bertz CT molecular complexity index is 1180. The summed E-state index contributed by atoms with van der Waals surface area (Å²) in [7, 11) is 0. The van der Waals surface area contributed by atoms with Gasteiger partial charge in [0.05, 0.1) is 16.8 Å². The molecular weight excluding hydrogens is 384 g/mol. The molecule has 1 amide bonds. The smallest absolute Gasteiger partial charge is 0.272 e. The highest BCUT2D eigenvalue weighted by molar-refractivity contribution is 7.16. The van der Waals surface area contributed by atoms with Crippen molar-refractivity contribution in [1.29, 1.82) is 0 Å². The molecule has 134 valence electrons. The van der Waals surface area contributed by atoms with Gasteiger partial charge in [0.1, 0.15) is 0 Å². The first-order valence-electron chi connectivity index (χ1n) is 8.03. The van der Waals surface area contributed by atoms with Crippen LogP contribution < -0.4 is 14.3 Å². The van der Waals surface area contributed by atoms with Crippen LogP contribution in [0.5, 0.6) is 11.5 Å². The Morgan fingerprint density at radius 2 is 2.15 bits per heavy atom. The number of hydrogen-bond acceptors (Lipinski definition) is 4. The van der Waals surface area contributed by atoms with Crippen LogP contribution in [0.2, 0.25) is 5.02 Å². The minimum Gasteiger partial charge on any atom is -0.454 e. The summed E-state index contributed by atoms with van der Waals surface area (Å²) in [5, 5.41) is 0.622. The van der Waals surface area contributed by atoms with Crippen molar-refractivity contribution in [2.24, 2.45) is 4.99 Å². The molecule has 0 saturated heterocycles. The fourth-order valence-corrected chi connectivity index (χ4v) is 4.00. The number of hydrogen-bond donors (Lipinski definition) is 0. The molecule has 0 atom stereocenters. The van der Waals surface area contributed by atoms with E-state index in [0.29, 0.717) is 27.9 Å².